The maximum Gasteiger partial charge on any atom is 0.296 e. The van der Waals surface area contributed by atoms with Gasteiger partial charge in [-0.15, -0.1) is 32.9 Å². The summed E-state index contributed by atoms with van der Waals surface area (Å²) in [6, 6.07) is 23.5. The Bertz CT molecular complexity index is 2790. The average Bonchev–Trinajstić information content (AvgIpc) is 3.71. The van der Waals surface area contributed by atoms with Crippen molar-refractivity contribution in [2.45, 2.75) is 16.7 Å². The zero-order valence-electron chi connectivity index (χ0n) is 27.9. The molecular weight excluding hydrogens is 783 g/mol. The van der Waals surface area contributed by atoms with Crippen molar-refractivity contribution in [1.82, 2.24) is 9.97 Å². The monoisotopic (exact) mass is 804 g/mol. The number of fused-ring (bicyclic) bond motifs is 2. The molecule has 4 N–H and O–H groups in total. The number of aromatic nitrogens is 2. The third-order valence-corrected chi connectivity index (χ3v) is 11.7. The summed E-state index contributed by atoms with van der Waals surface area (Å²) in [7, 11) is -8.79. The zero-order chi connectivity index (χ0) is 36.1. The number of phenols is 2. The van der Waals surface area contributed by atoms with Crippen LogP contribution in [0, 0.1) is 6.92 Å². The van der Waals surface area contributed by atoms with Crippen molar-refractivity contribution in [2.24, 2.45) is 20.5 Å². The molecular formula is C33H22N6Na2O8S4. The first-order valence-electron chi connectivity index (χ1n) is 14.6. The van der Waals surface area contributed by atoms with Gasteiger partial charge in [0, 0.05) is 70.2 Å². The van der Waals surface area contributed by atoms with Crippen LogP contribution in [0.4, 0.5) is 22.7 Å². The first-order chi connectivity index (χ1) is 24.2. The van der Waals surface area contributed by atoms with Crippen molar-refractivity contribution < 1.29 is 36.2 Å². The molecule has 0 unspecified atom stereocenters. The fourth-order valence-corrected chi connectivity index (χ4v) is 8.80. The smallest absolute Gasteiger partial charge is 0.296 e. The minimum Gasteiger partial charge on any atom is -0.505 e. The molecule has 5 aromatic carbocycles. The van der Waals surface area contributed by atoms with E-state index in [0.717, 1.165) is 38.5 Å². The van der Waals surface area contributed by atoms with E-state index in [0.29, 0.717) is 26.5 Å². The Morgan fingerprint density at radius 1 is 0.623 bits per heavy atom. The van der Waals surface area contributed by atoms with Crippen molar-refractivity contribution in [3.63, 3.8) is 0 Å². The van der Waals surface area contributed by atoms with Crippen molar-refractivity contribution >= 4 is 145 Å². The molecule has 14 nitrogen and oxygen atoms in total. The molecule has 0 saturated carbocycles. The summed E-state index contributed by atoms with van der Waals surface area (Å²) in [6.07, 6.45) is 0. The van der Waals surface area contributed by atoms with Crippen molar-refractivity contribution in [1.29, 1.82) is 0 Å². The Morgan fingerprint density at radius 2 is 1.21 bits per heavy atom. The van der Waals surface area contributed by atoms with Gasteiger partial charge in [-0.25, -0.2) is 9.97 Å². The first kappa shape index (κ1) is 40.7. The third-order valence-electron chi connectivity index (χ3n) is 7.50. The summed E-state index contributed by atoms with van der Waals surface area (Å²) in [4.78, 5) is 8.91. The number of hydrogen-bond donors (Lipinski definition) is 4. The van der Waals surface area contributed by atoms with Gasteiger partial charge in [0.05, 0.1) is 36.7 Å². The molecule has 0 spiro atoms. The summed E-state index contributed by atoms with van der Waals surface area (Å²) >= 11 is 2.64. The molecule has 7 rings (SSSR count). The predicted octanol–water partition coefficient (Wildman–Crippen LogP) is 8.52. The minimum atomic E-state index is -4.43. The fraction of sp³-hybridized carbons (Fsp3) is 0.0303. The molecule has 7 aromatic rings. The van der Waals surface area contributed by atoms with Gasteiger partial charge < -0.3 is 10.2 Å². The van der Waals surface area contributed by atoms with E-state index in [1.807, 2.05) is 18.2 Å². The molecule has 0 aliphatic rings. The predicted molar refractivity (Wildman–Crippen MR) is 204 cm³/mol. The van der Waals surface area contributed by atoms with Crippen LogP contribution in [-0.4, -0.2) is 105 Å². The standard InChI is InChI=1S/C33H22N6O8S4.2Na/c1-17-2-12-25-30(31(17)51(45,46)47)49-33(35-25)19-5-13-23-27(16-19)48-32(34-23)18-3-6-20(7-4-18)37-39-28-26(40)15-14-24(29(28)41)38-36-21-8-10-22(11-9-21)50(42,43)44;;/h2-16,40-41H,1H3,(H,42,43,44)(H,45,46,47);;. The molecule has 0 saturated heterocycles. The van der Waals surface area contributed by atoms with E-state index in [1.165, 1.54) is 46.9 Å². The van der Waals surface area contributed by atoms with Gasteiger partial charge in [0.1, 0.15) is 26.3 Å². The summed E-state index contributed by atoms with van der Waals surface area (Å²) in [5, 5.41) is 38.4. The number of benzene rings is 5. The topological polar surface area (TPSA) is 224 Å². The van der Waals surface area contributed by atoms with Gasteiger partial charge in [0.2, 0.25) is 0 Å². The number of azo groups is 2. The molecule has 2 radical (unpaired) electrons. The fourth-order valence-electron chi connectivity index (χ4n) is 5.00. The van der Waals surface area contributed by atoms with Gasteiger partial charge in [0.25, 0.3) is 20.2 Å². The van der Waals surface area contributed by atoms with Gasteiger partial charge in [-0.2, -0.15) is 27.1 Å². The van der Waals surface area contributed by atoms with Gasteiger partial charge in [-0.1, -0.05) is 6.07 Å². The van der Waals surface area contributed by atoms with E-state index in [2.05, 4.69) is 25.4 Å². The Hall–Kier alpha value is -3.50. The summed E-state index contributed by atoms with van der Waals surface area (Å²) in [6.45, 7) is 1.62. The number of hydrogen-bond acceptors (Lipinski definition) is 14. The molecule has 2 aromatic heterocycles. The first-order valence-corrected chi connectivity index (χ1v) is 19.1. The van der Waals surface area contributed by atoms with Crippen LogP contribution in [-0.2, 0) is 20.2 Å². The number of rotatable bonds is 8. The van der Waals surface area contributed by atoms with Gasteiger partial charge in [0.15, 0.2) is 11.4 Å². The molecule has 53 heavy (non-hydrogen) atoms. The van der Waals surface area contributed by atoms with Gasteiger partial charge in [-0.05, 0) is 97.4 Å². The van der Waals surface area contributed by atoms with Crippen LogP contribution in [0.2, 0.25) is 0 Å². The Morgan fingerprint density at radius 3 is 1.87 bits per heavy atom. The van der Waals surface area contributed by atoms with Crippen molar-refractivity contribution in [2.75, 3.05) is 0 Å². The molecule has 20 heteroatoms. The molecule has 258 valence electrons. The minimum absolute atomic E-state index is 0. The largest absolute Gasteiger partial charge is 0.505 e. The van der Waals surface area contributed by atoms with Crippen LogP contribution in [0.25, 0.3) is 41.6 Å². The van der Waals surface area contributed by atoms with Gasteiger partial charge >= 0.3 is 0 Å². The molecule has 0 atom stereocenters. The number of phenolic OH excluding ortho intramolecular Hbond substituents is 2. The van der Waals surface area contributed by atoms with Gasteiger partial charge in [-0.3, -0.25) is 9.11 Å². The molecule has 0 amide bonds. The number of aromatic hydroxyl groups is 2. The quantitative estimate of drug-likeness (QED) is 0.0651. The van der Waals surface area contributed by atoms with Crippen LogP contribution >= 0.6 is 22.7 Å². The van der Waals surface area contributed by atoms with Crippen molar-refractivity contribution in [3.8, 4) is 32.6 Å². The van der Waals surface area contributed by atoms with E-state index < -0.39 is 26.0 Å². The molecule has 0 aliphatic heterocycles. The second-order valence-electron chi connectivity index (χ2n) is 11.0. The van der Waals surface area contributed by atoms with Crippen LogP contribution < -0.4 is 0 Å². The van der Waals surface area contributed by atoms with Crippen LogP contribution in [0.5, 0.6) is 11.5 Å². The van der Waals surface area contributed by atoms with Crippen LogP contribution in [0.1, 0.15) is 5.56 Å². The van der Waals surface area contributed by atoms with E-state index in [9.17, 15) is 31.6 Å². The molecule has 0 aliphatic carbocycles. The summed E-state index contributed by atoms with van der Waals surface area (Å²) < 4.78 is 66.7. The molecule has 0 fully saturated rings. The normalized spacial score (nSPS) is 12.1. The van der Waals surface area contributed by atoms with E-state index >= 15 is 0 Å². The average molecular weight is 805 g/mol. The number of nitrogens with zero attached hydrogens (tertiary/aromatic N) is 6. The van der Waals surface area contributed by atoms with Crippen molar-refractivity contribution in [3.05, 3.63) is 96.6 Å². The summed E-state index contributed by atoms with van der Waals surface area (Å²) in [5.41, 5.74) is 3.65. The Balaban J connectivity index is 0.00000271. The van der Waals surface area contributed by atoms with E-state index in [-0.39, 0.29) is 91.7 Å². The van der Waals surface area contributed by atoms with E-state index in [1.54, 1.807) is 43.3 Å². The number of thiazole rings is 2. The second-order valence-corrected chi connectivity index (χ2v) is 15.8. The number of aryl methyl sites for hydroxylation is 1. The SMILES string of the molecule is Cc1ccc2nc(-c3ccc4nc(-c5ccc(N=Nc6c(O)ccc(N=Nc7ccc(S(=O)(=O)O)cc7)c6O)cc5)sc4c3)sc2c1S(=O)(=O)O.[Na].[Na]. The van der Waals surface area contributed by atoms with E-state index in [4.69, 9.17) is 9.54 Å². The molecule has 2 heterocycles. The summed E-state index contributed by atoms with van der Waals surface area (Å²) in [5.74, 6) is -0.833. The Kier molecular flexibility index (Phi) is 12.3. The van der Waals surface area contributed by atoms with Crippen LogP contribution in [0.3, 0.4) is 0 Å². The second kappa shape index (κ2) is 16.1. The van der Waals surface area contributed by atoms with Crippen LogP contribution in [0.15, 0.2) is 121 Å². The third kappa shape index (κ3) is 8.75. The molecule has 0 bridgehead atoms. The zero-order valence-corrected chi connectivity index (χ0v) is 35.2. The maximum absolute atomic E-state index is 12.1. The maximum atomic E-state index is 12.1. The Labute approximate surface area is 354 Å².